The van der Waals surface area contributed by atoms with Gasteiger partial charge in [0.25, 0.3) is 5.91 Å². The van der Waals surface area contributed by atoms with Crippen LogP contribution in [0.5, 0.6) is 0 Å². The molecule has 2 rings (SSSR count). The summed E-state index contributed by atoms with van der Waals surface area (Å²) in [5, 5.41) is 12.0. The van der Waals surface area contributed by atoms with Gasteiger partial charge in [0.15, 0.2) is 0 Å². The van der Waals surface area contributed by atoms with E-state index in [0.717, 1.165) is 11.4 Å². The highest BCUT2D eigenvalue weighted by atomic mass is 16.2. The van der Waals surface area contributed by atoms with Gasteiger partial charge in [-0.25, -0.2) is 4.79 Å². The average molecular weight is 273 g/mol. The molecule has 0 bridgehead atoms. The summed E-state index contributed by atoms with van der Waals surface area (Å²) in [5.74, 6) is -0.247. The molecule has 2 aromatic rings. The number of rotatable bonds is 3. The number of aromatic nitrogens is 2. The van der Waals surface area contributed by atoms with Crippen molar-refractivity contribution in [3.63, 3.8) is 0 Å². The van der Waals surface area contributed by atoms with Crippen molar-refractivity contribution in [1.82, 2.24) is 10.2 Å². The number of anilines is 2. The molecule has 1 aromatic carbocycles. The van der Waals surface area contributed by atoms with Gasteiger partial charge in [-0.15, -0.1) is 0 Å². The molecule has 1 aromatic heterocycles. The average Bonchev–Trinajstić information content (AvgIpc) is 2.70. The highest BCUT2D eigenvalue weighted by Gasteiger charge is 2.11. The van der Waals surface area contributed by atoms with E-state index in [0.29, 0.717) is 16.9 Å². The van der Waals surface area contributed by atoms with Crippen LogP contribution < -0.4 is 16.4 Å². The Bertz CT molecular complexity index is 626. The van der Waals surface area contributed by atoms with E-state index in [1.807, 2.05) is 6.92 Å². The van der Waals surface area contributed by atoms with Crippen LogP contribution >= 0.6 is 0 Å². The molecule has 5 N–H and O–H groups in total. The lowest BCUT2D eigenvalue weighted by Gasteiger charge is -2.06. The SMILES string of the molecule is Cc1n[nH]c(C)c1NC(=O)c1ccc(NC(N)=O)cc1. The van der Waals surface area contributed by atoms with Crippen molar-refractivity contribution in [3.05, 3.63) is 41.2 Å². The smallest absolute Gasteiger partial charge is 0.316 e. The number of carbonyl (C=O) groups excluding carboxylic acids is 2. The van der Waals surface area contributed by atoms with Gasteiger partial charge in [-0.2, -0.15) is 5.10 Å². The van der Waals surface area contributed by atoms with E-state index in [9.17, 15) is 9.59 Å². The second kappa shape index (κ2) is 5.43. The predicted octanol–water partition coefficient (Wildman–Crippen LogP) is 1.77. The number of nitrogens with zero attached hydrogens (tertiary/aromatic N) is 1. The van der Waals surface area contributed by atoms with Crippen molar-refractivity contribution in [3.8, 4) is 0 Å². The Morgan fingerprint density at radius 3 is 2.30 bits per heavy atom. The maximum atomic E-state index is 12.1. The summed E-state index contributed by atoms with van der Waals surface area (Å²) in [6, 6.07) is 5.77. The van der Waals surface area contributed by atoms with Crippen LogP contribution in [0.4, 0.5) is 16.2 Å². The molecule has 7 nitrogen and oxygen atoms in total. The number of aryl methyl sites for hydroxylation is 2. The topological polar surface area (TPSA) is 113 Å². The Labute approximate surface area is 115 Å². The lowest BCUT2D eigenvalue weighted by Crippen LogP contribution is -2.19. The summed E-state index contributed by atoms with van der Waals surface area (Å²) in [6.45, 7) is 3.63. The number of aromatic amines is 1. The number of hydrogen-bond donors (Lipinski definition) is 4. The number of hydrogen-bond acceptors (Lipinski definition) is 3. The molecule has 104 valence electrons. The third kappa shape index (κ3) is 2.94. The van der Waals surface area contributed by atoms with Crippen molar-refractivity contribution in [2.75, 3.05) is 10.6 Å². The van der Waals surface area contributed by atoms with Gasteiger partial charge in [0.2, 0.25) is 0 Å². The molecular weight excluding hydrogens is 258 g/mol. The first kappa shape index (κ1) is 13.6. The Morgan fingerprint density at radius 2 is 1.80 bits per heavy atom. The van der Waals surface area contributed by atoms with E-state index in [4.69, 9.17) is 5.73 Å². The van der Waals surface area contributed by atoms with Gasteiger partial charge in [0.1, 0.15) is 0 Å². The molecule has 20 heavy (non-hydrogen) atoms. The summed E-state index contributed by atoms with van der Waals surface area (Å²) in [5.41, 5.74) is 8.21. The Hall–Kier alpha value is -2.83. The normalized spacial score (nSPS) is 10.1. The Kier molecular flexibility index (Phi) is 3.69. The van der Waals surface area contributed by atoms with Crippen LogP contribution in [0.3, 0.4) is 0 Å². The molecule has 0 saturated carbocycles. The summed E-state index contributed by atoms with van der Waals surface area (Å²) in [4.78, 5) is 22.8. The molecule has 0 aliphatic heterocycles. The van der Waals surface area contributed by atoms with Gasteiger partial charge in [0.05, 0.1) is 17.1 Å². The zero-order valence-electron chi connectivity index (χ0n) is 11.2. The molecule has 0 unspecified atom stereocenters. The maximum absolute atomic E-state index is 12.1. The highest BCUT2D eigenvalue weighted by molar-refractivity contribution is 6.05. The summed E-state index contributed by atoms with van der Waals surface area (Å²) >= 11 is 0. The standard InChI is InChI=1S/C13H15N5O2/c1-7-11(8(2)18-17-7)16-12(19)9-3-5-10(6-4-9)15-13(14)20/h3-6H,1-2H3,(H,16,19)(H,17,18)(H3,14,15,20). The fourth-order valence-electron chi connectivity index (χ4n) is 1.77. The van der Waals surface area contributed by atoms with Crippen LogP contribution in [0.2, 0.25) is 0 Å². The number of H-pyrrole nitrogens is 1. The minimum atomic E-state index is -0.646. The van der Waals surface area contributed by atoms with Crippen LogP contribution in [0.15, 0.2) is 24.3 Å². The minimum Gasteiger partial charge on any atom is -0.351 e. The van der Waals surface area contributed by atoms with Crippen LogP contribution in [0.25, 0.3) is 0 Å². The van der Waals surface area contributed by atoms with E-state index < -0.39 is 6.03 Å². The van der Waals surface area contributed by atoms with Gasteiger partial charge >= 0.3 is 6.03 Å². The number of amides is 3. The van der Waals surface area contributed by atoms with Crippen LogP contribution in [0.1, 0.15) is 21.7 Å². The van der Waals surface area contributed by atoms with Crippen LogP contribution in [-0.4, -0.2) is 22.1 Å². The molecule has 0 fully saturated rings. The second-order valence-corrected chi connectivity index (χ2v) is 4.33. The molecule has 7 heteroatoms. The molecule has 1 heterocycles. The second-order valence-electron chi connectivity index (χ2n) is 4.33. The van der Waals surface area contributed by atoms with E-state index in [2.05, 4.69) is 20.8 Å². The lowest BCUT2D eigenvalue weighted by molar-refractivity contribution is 0.102. The molecule has 3 amide bonds. The molecule has 0 aliphatic carbocycles. The van der Waals surface area contributed by atoms with Gasteiger partial charge in [-0.05, 0) is 38.1 Å². The van der Waals surface area contributed by atoms with Crippen LogP contribution in [-0.2, 0) is 0 Å². The molecular formula is C13H15N5O2. The zero-order valence-corrected chi connectivity index (χ0v) is 11.2. The molecule has 0 saturated heterocycles. The zero-order chi connectivity index (χ0) is 14.7. The first-order chi connectivity index (χ1) is 9.47. The number of primary amides is 1. The van der Waals surface area contributed by atoms with Crippen molar-refractivity contribution in [1.29, 1.82) is 0 Å². The van der Waals surface area contributed by atoms with Crippen LogP contribution in [0, 0.1) is 13.8 Å². The highest BCUT2D eigenvalue weighted by Crippen LogP contribution is 2.18. The number of nitrogens with one attached hydrogen (secondary N) is 3. The number of benzene rings is 1. The Balaban J connectivity index is 2.12. The summed E-state index contributed by atoms with van der Waals surface area (Å²) in [6.07, 6.45) is 0. The lowest BCUT2D eigenvalue weighted by atomic mass is 10.2. The van der Waals surface area contributed by atoms with Gasteiger partial charge in [0, 0.05) is 11.3 Å². The van der Waals surface area contributed by atoms with Gasteiger partial charge in [-0.1, -0.05) is 0 Å². The molecule has 0 radical (unpaired) electrons. The Morgan fingerprint density at radius 1 is 1.15 bits per heavy atom. The van der Waals surface area contributed by atoms with E-state index in [1.54, 1.807) is 31.2 Å². The van der Waals surface area contributed by atoms with E-state index in [-0.39, 0.29) is 5.91 Å². The predicted molar refractivity (Wildman–Crippen MR) is 75.7 cm³/mol. The molecule has 0 spiro atoms. The first-order valence-electron chi connectivity index (χ1n) is 5.97. The van der Waals surface area contributed by atoms with Crippen molar-refractivity contribution in [2.24, 2.45) is 5.73 Å². The fraction of sp³-hybridized carbons (Fsp3) is 0.154. The number of nitrogens with two attached hydrogens (primary N) is 1. The van der Waals surface area contributed by atoms with Crippen molar-refractivity contribution in [2.45, 2.75) is 13.8 Å². The quantitative estimate of drug-likeness (QED) is 0.683. The summed E-state index contributed by atoms with van der Waals surface area (Å²) in [7, 11) is 0. The van der Waals surface area contributed by atoms with Gasteiger partial charge < -0.3 is 16.4 Å². The van der Waals surface area contributed by atoms with Crippen molar-refractivity contribution < 1.29 is 9.59 Å². The monoisotopic (exact) mass is 273 g/mol. The number of urea groups is 1. The largest absolute Gasteiger partial charge is 0.351 e. The van der Waals surface area contributed by atoms with E-state index >= 15 is 0 Å². The van der Waals surface area contributed by atoms with Gasteiger partial charge in [-0.3, -0.25) is 9.89 Å². The first-order valence-corrected chi connectivity index (χ1v) is 5.97. The minimum absolute atomic E-state index is 0.247. The summed E-state index contributed by atoms with van der Waals surface area (Å²) < 4.78 is 0. The maximum Gasteiger partial charge on any atom is 0.316 e. The van der Waals surface area contributed by atoms with E-state index in [1.165, 1.54) is 0 Å². The van der Waals surface area contributed by atoms with Crippen molar-refractivity contribution >= 4 is 23.3 Å². The molecule has 0 atom stereocenters. The number of carbonyl (C=O) groups is 2. The molecule has 0 aliphatic rings. The third-order valence-corrected chi connectivity index (χ3v) is 2.78. The fourth-order valence-corrected chi connectivity index (χ4v) is 1.77. The third-order valence-electron chi connectivity index (χ3n) is 2.78.